The van der Waals surface area contributed by atoms with E-state index in [1.807, 2.05) is 7.05 Å². The van der Waals surface area contributed by atoms with Crippen molar-refractivity contribution in [3.05, 3.63) is 0 Å². The number of hydrogen-bond donors (Lipinski definition) is 0. The molecule has 0 saturated carbocycles. The predicted octanol–water partition coefficient (Wildman–Crippen LogP) is 1.99. The van der Waals surface area contributed by atoms with Gasteiger partial charge < -0.3 is 14.5 Å². The number of unbranched alkanes of at least 4 members (excludes halogenated alkanes) is 1. The van der Waals surface area contributed by atoms with Crippen LogP contribution in [0.2, 0.25) is 0 Å². The Morgan fingerprint density at radius 3 is 2.39 bits per heavy atom. The summed E-state index contributed by atoms with van der Waals surface area (Å²) in [6, 6.07) is 0.537. The minimum atomic E-state index is 0.181. The van der Waals surface area contributed by atoms with Crippen LogP contribution in [0.15, 0.2) is 0 Å². The summed E-state index contributed by atoms with van der Waals surface area (Å²) in [5.41, 5.74) is 0. The summed E-state index contributed by atoms with van der Waals surface area (Å²) in [7, 11) is 3.95. The Kier molecular flexibility index (Phi) is 9.98. The van der Waals surface area contributed by atoms with Crippen molar-refractivity contribution in [2.24, 2.45) is 0 Å². The summed E-state index contributed by atoms with van der Waals surface area (Å²) in [6.45, 7) is 9.44. The van der Waals surface area contributed by atoms with Crippen molar-refractivity contribution in [2.45, 2.75) is 46.1 Å². The van der Waals surface area contributed by atoms with Crippen molar-refractivity contribution in [2.75, 3.05) is 40.4 Å². The maximum absolute atomic E-state index is 11.7. The lowest BCUT2D eigenvalue weighted by atomic mass is 10.3. The van der Waals surface area contributed by atoms with E-state index in [0.717, 1.165) is 25.9 Å². The topological polar surface area (TPSA) is 32.8 Å². The molecule has 0 aromatic rings. The van der Waals surface area contributed by atoms with Crippen LogP contribution in [0.25, 0.3) is 0 Å². The lowest BCUT2D eigenvalue weighted by molar-refractivity contribution is -0.131. The number of hydrogen-bond acceptors (Lipinski definition) is 3. The van der Waals surface area contributed by atoms with Crippen molar-refractivity contribution in [3.8, 4) is 0 Å². The van der Waals surface area contributed by atoms with Gasteiger partial charge in [0.25, 0.3) is 0 Å². The molecule has 4 nitrogen and oxygen atoms in total. The van der Waals surface area contributed by atoms with Crippen molar-refractivity contribution in [1.29, 1.82) is 0 Å². The summed E-state index contributed by atoms with van der Waals surface area (Å²) in [4.78, 5) is 15.7. The van der Waals surface area contributed by atoms with E-state index in [0.29, 0.717) is 25.7 Å². The van der Waals surface area contributed by atoms with Crippen LogP contribution in [0.5, 0.6) is 0 Å². The highest BCUT2D eigenvalue weighted by Crippen LogP contribution is 1.97. The van der Waals surface area contributed by atoms with Gasteiger partial charge in [-0.25, -0.2) is 0 Å². The van der Waals surface area contributed by atoms with Gasteiger partial charge in [0.1, 0.15) is 0 Å². The van der Waals surface area contributed by atoms with Crippen LogP contribution >= 0.6 is 0 Å². The minimum Gasteiger partial charge on any atom is -0.380 e. The van der Waals surface area contributed by atoms with Crippen LogP contribution in [-0.2, 0) is 9.53 Å². The molecule has 0 aliphatic heterocycles. The molecule has 18 heavy (non-hydrogen) atoms. The van der Waals surface area contributed by atoms with E-state index in [-0.39, 0.29) is 5.91 Å². The Morgan fingerprint density at radius 1 is 1.17 bits per heavy atom. The van der Waals surface area contributed by atoms with Crippen molar-refractivity contribution in [1.82, 2.24) is 9.80 Å². The minimum absolute atomic E-state index is 0.181. The Labute approximate surface area is 112 Å². The molecule has 0 saturated heterocycles. The third-order valence-corrected chi connectivity index (χ3v) is 3.20. The average molecular weight is 258 g/mol. The quantitative estimate of drug-likeness (QED) is 0.562. The molecule has 0 radical (unpaired) electrons. The number of rotatable bonds is 10. The normalized spacial score (nSPS) is 11.3. The number of ether oxygens (including phenoxy) is 1. The van der Waals surface area contributed by atoms with Crippen LogP contribution in [0.1, 0.15) is 40.0 Å². The van der Waals surface area contributed by atoms with Crippen LogP contribution in [-0.4, -0.2) is 62.1 Å². The molecule has 0 unspecified atom stereocenters. The van der Waals surface area contributed by atoms with E-state index in [4.69, 9.17) is 4.74 Å². The van der Waals surface area contributed by atoms with Gasteiger partial charge in [0, 0.05) is 26.2 Å². The molecule has 0 atom stereocenters. The van der Waals surface area contributed by atoms with Crippen LogP contribution < -0.4 is 0 Å². The molecule has 0 rings (SSSR count). The largest absolute Gasteiger partial charge is 0.380 e. The lowest BCUT2D eigenvalue weighted by Gasteiger charge is -2.21. The molecule has 4 heteroatoms. The van der Waals surface area contributed by atoms with Crippen molar-refractivity contribution in [3.63, 3.8) is 0 Å². The van der Waals surface area contributed by atoms with Gasteiger partial charge in [-0.2, -0.15) is 0 Å². The van der Waals surface area contributed by atoms with Crippen molar-refractivity contribution >= 4 is 5.91 Å². The van der Waals surface area contributed by atoms with E-state index < -0.39 is 0 Å². The number of carbonyl (C=O) groups excluding carboxylic acids is 1. The molecule has 0 spiro atoms. The Hall–Kier alpha value is -0.610. The molecule has 0 heterocycles. The summed E-state index contributed by atoms with van der Waals surface area (Å²) in [5.74, 6) is 0.181. The molecule has 0 N–H and O–H groups in total. The third kappa shape index (κ3) is 8.48. The molecule has 108 valence electrons. The van der Waals surface area contributed by atoms with E-state index in [1.165, 1.54) is 0 Å². The highest BCUT2D eigenvalue weighted by Gasteiger charge is 2.08. The van der Waals surface area contributed by atoms with Gasteiger partial charge in [0.15, 0.2) is 0 Å². The van der Waals surface area contributed by atoms with Crippen molar-refractivity contribution < 1.29 is 9.53 Å². The Morgan fingerprint density at radius 2 is 1.83 bits per heavy atom. The second kappa shape index (κ2) is 10.3. The lowest BCUT2D eigenvalue weighted by Crippen LogP contribution is -2.31. The molecule has 0 aliphatic rings. The summed E-state index contributed by atoms with van der Waals surface area (Å²) < 4.78 is 5.49. The maximum Gasteiger partial charge on any atom is 0.224 e. The predicted molar refractivity (Wildman–Crippen MR) is 75.7 cm³/mol. The monoisotopic (exact) mass is 258 g/mol. The fourth-order valence-electron chi connectivity index (χ4n) is 1.44. The SMILES string of the molecule is CCCCN(C)C(=O)CCOCCN(C)C(C)C. The second-order valence-electron chi connectivity index (χ2n) is 5.11. The third-order valence-electron chi connectivity index (χ3n) is 3.20. The summed E-state index contributed by atoms with van der Waals surface area (Å²) in [6.07, 6.45) is 2.68. The van der Waals surface area contributed by atoms with Crippen LogP contribution in [0, 0.1) is 0 Å². The van der Waals surface area contributed by atoms with E-state index in [1.54, 1.807) is 4.90 Å². The fraction of sp³-hybridized carbons (Fsp3) is 0.929. The fourth-order valence-corrected chi connectivity index (χ4v) is 1.44. The first-order chi connectivity index (χ1) is 8.49. The zero-order valence-electron chi connectivity index (χ0n) is 12.7. The Balaban J connectivity index is 3.51. The van der Waals surface area contributed by atoms with Gasteiger partial charge >= 0.3 is 0 Å². The van der Waals surface area contributed by atoms with Gasteiger partial charge in [0.05, 0.1) is 19.6 Å². The zero-order chi connectivity index (χ0) is 14.0. The molecule has 0 fully saturated rings. The summed E-state index contributed by atoms with van der Waals surface area (Å²) >= 11 is 0. The standard InChI is InChI=1S/C14H30N2O2/c1-6-7-9-16(5)14(17)8-11-18-12-10-15(4)13(2)3/h13H,6-12H2,1-5H3. The molecular weight excluding hydrogens is 228 g/mol. The van der Waals surface area contributed by atoms with Crippen LogP contribution in [0.4, 0.5) is 0 Å². The second-order valence-corrected chi connectivity index (χ2v) is 5.11. The molecular formula is C14H30N2O2. The van der Waals surface area contributed by atoms with E-state index in [9.17, 15) is 4.79 Å². The number of likely N-dealkylation sites (N-methyl/N-ethyl adjacent to an activating group) is 1. The van der Waals surface area contributed by atoms with Crippen LogP contribution in [0.3, 0.4) is 0 Å². The molecule has 0 aromatic heterocycles. The number of carbonyl (C=O) groups is 1. The first-order valence-corrected chi connectivity index (χ1v) is 7.01. The van der Waals surface area contributed by atoms with Gasteiger partial charge in [-0.05, 0) is 27.3 Å². The van der Waals surface area contributed by atoms with Gasteiger partial charge in [-0.3, -0.25) is 4.79 Å². The summed E-state index contributed by atoms with van der Waals surface area (Å²) in [5, 5.41) is 0. The Bertz CT molecular complexity index is 220. The highest BCUT2D eigenvalue weighted by atomic mass is 16.5. The maximum atomic E-state index is 11.7. The van der Waals surface area contributed by atoms with Gasteiger partial charge in [-0.1, -0.05) is 13.3 Å². The molecule has 1 amide bonds. The smallest absolute Gasteiger partial charge is 0.224 e. The molecule has 0 aromatic carbocycles. The van der Waals surface area contributed by atoms with Gasteiger partial charge in [-0.15, -0.1) is 0 Å². The van der Waals surface area contributed by atoms with Gasteiger partial charge in [0.2, 0.25) is 5.91 Å². The molecule has 0 aliphatic carbocycles. The molecule has 0 bridgehead atoms. The first kappa shape index (κ1) is 17.4. The number of nitrogens with zero attached hydrogens (tertiary/aromatic N) is 2. The number of amides is 1. The highest BCUT2D eigenvalue weighted by molar-refractivity contribution is 5.75. The van der Waals surface area contributed by atoms with E-state index in [2.05, 4.69) is 32.7 Å². The van der Waals surface area contributed by atoms with E-state index >= 15 is 0 Å². The zero-order valence-corrected chi connectivity index (χ0v) is 12.7. The first-order valence-electron chi connectivity index (χ1n) is 7.01. The average Bonchev–Trinajstić information content (AvgIpc) is 2.34.